The van der Waals surface area contributed by atoms with Crippen molar-refractivity contribution in [2.24, 2.45) is 0 Å². The molecule has 0 radical (unpaired) electrons. The molecule has 0 spiro atoms. The van der Waals surface area contributed by atoms with Gasteiger partial charge < -0.3 is 9.84 Å². The number of aromatic hydroxyl groups is 1. The number of allylic oxidation sites excluding steroid dienone is 2. The number of hydrogen-bond acceptors (Lipinski definition) is 6. The van der Waals surface area contributed by atoms with Crippen LogP contribution in [0.5, 0.6) is 5.88 Å². The molecule has 8 nitrogen and oxygen atoms in total. The average Bonchev–Trinajstić information content (AvgIpc) is 3.04. The first-order valence-corrected chi connectivity index (χ1v) is 9.64. The molecule has 1 aromatic heterocycles. The van der Waals surface area contributed by atoms with Crippen molar-refractivity contribution in [3.8, 4) is 11.6 Å². The zero-order chi connectivity index (χ0) is 23.0. The highest BCUT2D eigenvalue weighted by atomic mass is 16.6. The maximum atomic E-state index is 12.7. The summed E-state index contributed by atoms with van der Waals surface area (Å²) in [6.07, 6.45) is 4.62. The van der Waals surface area contributed by atoms with Crippen molar-refractivity contribution in [1.29, 1.82) is 0 Å². The van der Waals surface area contributed by atoms with Crippen molar-refractivity contribution in [3.05, 3.63) is 92.7 Å². The fourth-order valence-corrected chi connectivity index (χ4v) is 3.80. The number of non-ortho nitro benzene ring substituents is 1. The lowest BCUT2D eigenvalue weighted by atomic mass is 9.90. The Morgan fingerprint density at radius 3 is 2.47 bits per heavy atom. The van der Waals surface area contributed by atoms with E-state index in [0.717, 1.165) is 5.56 Å². The molecule has 1 N–H and O–H groups in total. The van der Waals surface area contributed by atoms with Gasteiger partial charge in [0, 0.05) is 29.1 Å². The third-order valence-corrected chi connectivity index (χ3v) is 5.35. The molecule has 0 saturated carbocycles. The predicted octanol–water partition coefficient (Wildman–Crippen LogP) is 4.32. The van der Waals surface area contributed by atoms with Crippen LogP contribution in [0.3, 0.4) is 0 Å². The van der Waals surface area contributed by atoms with Crippen molar-refractivity contribution < 1.29 is 24.4 Å². The number of rotatable bonds is 4. The smallest absolute Gasteiger partial charge is 0.340 e. The van der Waals surface area contributed by atoms with E-state index in [1.54, 1.807) is 25.1 Å². The minimum Gasteiger partial charge on any atom is -0.494 e. The van der Waals surface area contributed by atoms with Gasteiger partial charge in [-0.15, -0.1) is 0 Å². The number of hydrogen-bond donors (Lipinski definition) is 1. The molecule has 0 bridgehead atoms. The molecule has 2 aromatic carbocycles. The summed E-state index contributed by atoms with van der Waals surface area (Å²) in [7, 11) is 1.22. The van der Waals surface area contributed by atoms with Gasteiger partial charge in [0.15, 0.2) is 5.78 Å². The second kappa shape index (κ2) is 7.99. The Hall–Kier alpha value is -4.46. The van der Waals surface area contributed by atoms with E-state index in [-0.39, 0.29) is 28.5 Å². The number of nitro groups is 1. The highest BCUT2D eigenvalue weighted by molar-refractivity contribution is 6.33. The molecular formula is C24H18N2O6. The van der Waals surface area contributed by atoms with Crippen LogP contribution in [-0.2, 0) is 9.53 Å². The lowest BCUT2D eigenvalue weighted by Gasteiger charge is -2.13. The molecule has 0 aliphatic heterocycles. The first-order chi connectivity index (χ1) is 15.3. The van der Waals surface area contributed by atoms with Crippen LogP contribution in [0.1, 0.15) is 32.7 Å². The molecule has 160 valence electrons. The van der Waals surface area contributed by atoms with Crippen LogP contribution in [0.2, 0.25) is 0 Å². The number of ether oxygens (including phenoxy) is 1. The summed E-state index contributed by atoms with van der Waals surface area (Å²) < 4.78 is 6.30. The van der Waals surface area contributed by atoms with Gasteiger partial charge in [-0.05, 0) is 42.3 Å². The van der Waals surface area contributed by atoms with E-state index in [9.17, 15) is 24.8 Å². The summed E-state index contributed by atoms with van der Waals surface area (Å²) in [6, 6.07) is 12.8. The van der Waals surface area contributed by atoms with Gasteiger partial charge >= 0.3 is 5.97 Å². The summed E-state index contributed by atoms with van der Waals surface area (Å²) in [5.74, 6) is -1.24. The standard InChI is InChI=1S/C24H18N2O6/c1-14-22(24(29)32-2)20(13-19-18-6-4-3-5-15(18)7-12-21(19)27)23(28)25(14)16-8-10-17(11-9-16)26(30)31/h3-13,28H,1-2H3/b19-13-. The second-order valence-corrected chi connectivity index (χ2v) is 7.14. The highest BCUT2D eigenvalue weighted by Gasteiger charge is 2.27. The van der Waals surface area contributed by atoms with Gasteiger partial charge in [-0.3, -0.25) is 19.5 Å². The van der Waals surface area contributed by atoms with E-state index in [0.29, 0.717) is 22.5 Å². The van der Waals surface area contributed by atoms with Crippen LogP contribution in [0.25, 0.3) is 23.4 Å². The number of aromatic nitrogens is 1. The monoisotopic (exact) mass is 430 g/mol. The SMILES string of the molecule is COC(=O)c1c(/C=C2\C(=O)C=Cc3ccccc32)c(O)n(-c2ccc([N+](=O)[O-])cc2)c1C. The quantitative estimate of drug-likeness (QED) is 0.286. The Morgan fingerprint density at radius 1 is 1.12 bits per heavy atom. The van der Waals surface area contributed by atoms with Gasteiger partial charge in [-0.25, -0.2) is 4.79 Å². The van der Waals surface area contributed by atoms with Crippen LogP contribution in [0.4, 0.5) is 5.69 Å². The van der Waals surface area contributed by atoms with E-state index < -0.39 is 10.9 Å². The summed E-state index contributed by atoms with van der Waals surface area (Å²) >= 11 is 0. The third-order valence-electron chi connectivity index (χ3n) is 5.35. The molecule has 4 rings (SSSR count). The molecule has 3 aromatic rings. The normalized spacial score (nSPS) is 13.8. The molecule has 0 amide bonds. The number of benzene rings is 2. The van der Waals surface area contributed by atoms with Gasteiger partial charge in [-0.1, -0.05) is 30.3 Å². The molecule has 0 unspecified atom stereocenters. The maximum Gasteiger partial charge on any atom is 0.340 e. The first-order valence-electron chi connectivity index (χ1n) is 9.64. The largest absolute Gasteiger partial charge is 0.494 e. The van der Waals surface area contributed by atoms with E-state index in [1.807, 2.05) is 12.1 Å². The lowest BCUT2D eigenvalue weighted by molar-refractivity contribution is -0.384. The van der Waals surface area contributed by atoms with Gasteiger partial charge in [0.25, 0.3) is 5.69 Å². The maximum absolute atomic E-state index is 12.7. The highest BCUT2D eigenvalue weighted by Crippen LogP contribution is 2.37. The van der Waals surface area contributed by atoms with Crippen molar-refractivity contribution in [3.63, 3.8) is 0 Å². The number of fused-ring (bicyclic) bond motifs is 1. The Labute approximate surface area is 182 Å². The van der Waals surface area contributed by atoms with Gasteiger partial charge in [0.1, 0.15) is 0 Å². The molecule has 1 aliphatic carbocycles. The Balaban J connectivity index is 1.95. The summed E-state index contributed by atoms with van der Waals surface area (Å²) in [5, 5.41) is 22.0. The van der Waals surface area contributed by atoms with Crippen LogP contribution in [-0.4, -0.2) is 33.5 Å². The number of carbonyl (C=O) groups is 2. The van der Waals surface area contributed by atoms with E-state index in [2.05, 4.69) is 0 Å². The zero-order valence-corrected chi connectivity index (χ0v) is 17.2. The second-order valence-electron chi connectivity index (χ2n) is 7.14. The first kappa shape index (κ1) is 20.8. The molecule has 8 heteroatoms. The van der Waals surface area contributed by atoms with E-state index >= 15 is 0 Å². The predicted molar refractivity (Wildman–Crippen MR) is 119 cm³/mol. The number of esters is 1. The summed E-state index contributed by atoms with van der Waals surface area (Å²) in [4.78, 5) is 35.7. The minimum atomic E-state index is -0.683. The minimum absolute atomic E-state index is 0.0932. The Kier molecular flexibility index (Phi) is 5.19. The van der Waals surface area contributed by atoms with Gasteiger partial charge in [0.05, 0.1) is 23.2 Å². The molecule has 0 fully saturated rings. The van der Waals surface area contributed by atoms with Crippen molar-refractivity contribution in [2.75, 3.05) is 7.11 Å². The molecule has 1 aliphatic rings. The fourth-order valence-electron chi connectivity index (χ4n) is 3.80. The van der Waals surface area contributed by atoms with Gasteiger partial charge in [0.2, 0.25) is 5.88 Å². The number of methoxy groups -OCH3 is 1. The topological polar surface area (TPSA) is 112 Å². The van der Waals surface area contributed by atoms with E-state index in [1.165, 1.54) is 48.1 Å². The molecular weight excluding hydrogens is 412 g/mol. The molecule has 32 heavy (non-hydrogen) atoms. The number of nitro benzene ring substituents is 1. The Morgan fingerprint density at radius 2 is 1.81 bits per heavy atom. The zero-order valence-electron chi connectivity index (χ0n) is 17.2. The number of ketones is 1. The van der Waals surface area contributed by atoms with Crippen LogP contribution in [0, 0.1) is 17.0 Å². The lowest BCUT2D eigenvalue weighted by Crippen LogP contribution is -2.07. The molecule has 1 heterocycles. The third kappa shape index (κ3) is 3.37. The molecule has 0 atom stereocenters. The van der Waals surface area contributed by atoms with Crippen molar-refractivity contribution in [1.82, 2.24) is 4.57 Å². The Bertz CT molecular complexity index is 1330. The van der Waals surface area contributed by atoms with E-state index in [4.69, 9.17) is 4.74 Å². The van der Waals surface area contributed by atoms with Crippen LogP contribution < -0.4 is 0 Å². The van der Waals surface area contributed by atoms with Crippen molar-refractivity contribution in [2.45, 2.75) is 6.92 Å². The summed E-state index contributed by atoms with van der Waals surface area (Å²) in [5.41, 5.74) is 2.73. The average molecular weight is 430 g/mol. The fraction of sp³-hybridized carbons (Fsp3) is 0.0833. The van der Waals surface area contributed by atoms with Crippen molar-refractivity contribution >= 4 is 35.2 Å². The molecule has 0 saturated heterocycles. The number of nitrogens with zero attached hydrogens (tertiary/aromatic N) is 2. The van der Waals surface area contributed by atoms with Crippen LogP contribution in [0.15, 0.2) is 54.6 Å². The summed E-state index contributed by atoms with van der Waals surface area (Å²) in [6.45, 7) is 1.62. The van der Waals surface area contributed by atoms with Gasteiger partial charge in [-0.2, -0.15) is 0 Å². The number of carbonyl (C=O) groups excluding carboxylic acids is 2. The van der Waals surface area contributed by atoms with Crippen LogP contribution >= 0.6 is 0 Å².